The molecule has 0 saturated heterocycles. The van der Waals surface area contributed by atoms with E-state index >= 15 is 0 Å². The Morgan fingerprint density at radius 1 is 1.11 bits per heavy atom. The molecule has 0 atom stereocenters. The number of carbonyl (C=O) groups excluding carboxylic acids is 1. The molecule has 0 heterocycles. The number of sulfonamides is 1. The first-order valence-corrected chi connectivity index (χ1v) is 11.0. The van der Waals surface area contributed by atoms with Crippen LogP contribution in [-0.2, 0) is 10.0 Å². The van der Waals surface area contributed by atoms with Crippen LogP contribution >= 0.6 is 11.6 Å². The molecule has 1 aliphatic rings. The number of ether oxygens (including phenoxy) is 1. The van der Waals surface area contributed by atoms with E-state index in [1.807, 2.05) is 0 Å². The highest BCUT2D eigenvalue weighted by molar-refractivity contribution is 7.89. The van der Waals surface area contributed by atoms with Crippen LogP contribution in [0.5, 0.6) is 5.75 Å². The van der Waals surface area contributed by atoms with Crippen LogP contribution in [0.15, 0.2) is 47.4 Å². The van der Waals surface area contributed by atoms with Crippen molar-refractivity contribution >= 4 is 33.2 Å². The number of rotatable bonds is 6. The van der Waals surface area contributed by atoms with Crippen LogP contribution in [0, 0.1) is 0 Å². The Bertz CT molecular complexity index is 956. The summed E-state index contributed by atoms with van der Waals surface area (Å²) < 4.78 is 33.6. The lowest BCUT2D eigenvalue weighted by molar-refractivity contribution is 0.102. The van der Waals surface area contributed by atoms with Gasteiger partial charge in [-0.05, 0) is 49.2 Å². The van der Waals surface area contributed by atoms with E-state index in [0.717, 1.165) is 32.1 Å². The molecule has 6 nitrogen and oxygen atoms in total. The van der Waals surface area contributed by atoms with E-state index < -0.39 is 15.9 Å². The fourth-order valence-electron chi connectivity index (χ4n) is 3.28. The predicted octanol–water partition coefficient (Wildman–Crippen LogP) is 4.21. The van der Waals surface area contributed by atoms with Crippen molar-refractivity contribution in [3.63, 3.8) is 0 Å². The monoisotopic (exact) mass is 422 g/mol. The normalized spacial score (nSPS) is 15.2. The van der Waals surface area contributed by atoms with Gasteiger partial charge in [-0.1, -0.05) is 36.9 Å². The molecule has 1 amide bonds. The Morgan fingerprint density at radius 3 is 2.54 bits per heavy atom. The second-order valence-corrected chi connectivity index (χ2v) is 8.93. The summed E-state index contributed by atoms with van der Waals surface area (Å²) in [6.45, 7) is 0. The molecule has 0 aromatic heterocycles. The standard InChI is InChI=1S/C20H23ClN2O4S/c1-27-19-11-10-17(28(25,26)23-16-8-3-2-4-9-16)13-18(19)22-20(24)14-6-5-7-15(21)12-14/h5-7,10-13,16,23H,2-4,8-9H2,1H3,(H,22,24). The molecular formula is C20H23ClN2O4S. The zero-order valence-corrected chi connectivity index (χ0v) is 17.1. The number of carbonyl (C=O) groups is 1. The van der Waals surface area contributed by atoms with E-state index in [4.69, 9.17) is 16.3 Å². The zero-order valence-electron chi connectivity index (χ0n) is 15.6. The van der Waals surface area contributed by atoms with Crippen molar-refractivity contribution in [3.8, 4) is 5.75 Å². The number of benzene rings is 2. The van der Waals surface area contributed by atoms with E-state index in [2.05, 4.69) is 10.0 Å². The lowest BCUT2D eigenvalue weighted by atomic mass is 9.96. The number of hydrogen-bond acceptors (Lipinski definition) is 4. The van der Waals surface area contributed by atoms with Crippen molar-refractivity contribution in [2.24, 2.45) is 0 Å². The third kappa shape index (κ3) is 5.04. The first-order valence-electron chi connectivity index (χ1n) is 9.16. The largest absolute Gasteiger partial charge is 0.495 e. The van der Waals surface area contributed by atoms with Crippen molar-refractivity contribution in [1.29, 1.82) is 0 Å². The molecule has 3 rings (SSSR count). The van der Waals surface area contributed by atoms with E-state index in [-0.39, 0.29) is 16.6 Å². The van der Waals surface area contributed by atoms with Crippen LogP contribution in [0.2, 0.25) is 5.02 Å². The summed E-state index contributed by atoms with van der Waals surface area (Å²) in [6.07, 6.45) is 4.87. The lowest BCUT2D eigenvalue weighted by Crippen LogP contribution is -2.36. The molecule has 0 radical (unpaired) electrons. The summed E-state index contributed by atoms with van der Waals surface area (Å²) in [4.78, 5) is 12.6. The molecule has 1 aliphatic carbocycles. The predicted molar refractivity (Wildman–Crippen MR) is 110 cm³/mol. The molecule has 2 aromatic rings. The minimum Gasteiger partial charge on any atom is -0.495 e. The Labute approximate surface area is 170 Å². The second-order valence-electron chi connectivity index (χ2n) is 6.78. The van der Waals surface area contributed by atoms with Gasteiger partial charge in [0.25, 0.3) is 5.91 Å². The minimum atomic E-state index is -3.69. The van der Waals surface area contributed by atoms with Gasteiger partial charge in [-0.3, -0.25) is 4.79 Å². The fraction of sp³-hybridized carbons (Fsp3) is 0.350. The molecule has 150 valence electrons. The smallest absolute Gasteiger partial charge is 0.255 e. The number of halogens is 1. The minimum absolute atomic E-state index is 0.0506. The quantitative estimate of drug-likeness (QED) is 0.730. The molecule has 1 fully saturated rings. The number of hydrogen-bond donors (Lipinski definition) is 2. The first kappa shape index (κ1) is 20.6. The summed E-state index contributed by atoms with van der Waals surface area (Å²) in [6, 6.07) is 10.9. The molecule has 2 N–H and O–H groups in total. The van der Waals surface area contributed by atoms with Crippen LogP contribution in [0.3, 0.4) is 0 Å². The van der Waals surface area contributed by atoms with Gasteiger partial charge in [0.15, 0.2) is 0 Å². The van der Waals surface area contributed by atoms with Crippen molar-refractivity contribution < 1.29 is 17.9 Å². The molecule has 8 heteroatoms. The van der Waals surface area contributed by atoms with Crippen LogP contribution in [-0.4, -0.2) is 27.5 Å². The third-order valence-corrected chi connectivity index (χ3v) is 6.50. The van der Waals surface area contributed by atoms with Crippen molar-refractivity contribution in [3.05, 3.63) is 53.1 Å². The zero-order chi connectivity index (χ0) is 20.1. The molecular weight excluding hydrogens is 400 g/mol. The topological polar surface area (TPSA) is 84.5 Å². The Hall–Kier alpha value is -2.09. The van der Waals surface area contributed by atoms with Gasteiger partial charge in [-0.25, -0.2) is 13.1 Å². The Kier molecular flexibility index (Phi) is 6.59. The number of anilines is 1. The maximum absolute atomic E-state index is 12.8. The maximum atomic E-state index is 12.8. The highest BCUT2D eigenvalue weighted by Gasteiger charge is 2.23. The van der Waals surface area contributed by atoms with E-state index in [9.17, 15) is 13.2 Å². The highest BCUT2D eigenvalue weighted by Crippen LogP contribution is 2.29. The number of amides is 1. The van der Waals surface area contributed by atoms with Crippen LogP contribution < -0.4 is 14.8 Å². The van der Waals surface area contributed by atoms with Gasteiger partial charge in [0.05, 0.1) is 17.7 Å². The third-order valence-electron chi connectivity index (χ3n) is 4.74. The second kappa shape index (κ2) is 8.94. The summed E-state index contributed by atoms with van der Waals surface area (Å²) in [7, 11) is -2.24. The SMILES string of the molecule is COc1ccc(S(=O)(=O)NC2CCCCC2)cc1NC(=O)c1cccc(Cl)c1. The molecule has 0 spiro atoms. The van der Waals surface area contributed by atoms with Crippen molar-refractivity contribution in [1.82, 2.24) is 4.72 Å². The van der Waals surface area contributed by atoms with Gasteiger partial charge in [0, 0.05) is 16.6 Å². The van der Waals surface area contributed by atoms with E-state index in [1.54, 1.807) is 18.2 Å². The van der Waals surface area contributed by atoms with Crippen molar-refractivity contribution in [2.75, 3.05) is 12.4 Å². The average molecular weight is 423 g/mol. The maximum Gasteiger partial charge on any atom is 0.255 e. The van der Waals surface area contributed by atoms with Gasteiger partial charge < -0.3 is 10.1 Å². The molecule has 0 unspecified atom stereocenters. The van der Waals surface area contributed by atoms with Gasteiger partial charge in [0.1, 0.15) is 5.75 Å². The number of nitrogens with one attached hydrogen (secondary N) is 2. The molecule has 2 aromatic carbocycles. The molecule has 0 bridgehead atoms. The van der Waals surface area contributed by atoms with Gasteiger partial charge >= 0.3 is 0 Å². The Balaban J connectivity index is 1.84. The summed E-state index contributed by atoms with van der Waals surface area (Å²) in [5.74, 6) is -0.0393. The van der Waals surface area contributed by atoms with Crippen LogP contribution in [0.4, 0.5) is 5.69 Å². The highest BCUT2D eigenvalue weighted by atomic mass is 35.5. The molecule has 0 aliphatic heterocycles. The first-order chi connectivity index (χ1) is 13.4. The van der Waals surface area contributed by atoms with Crippen LogP contribution in [0.25, 0.3) is 0 Å². The van der Waals surface area contributed by atoms with Gasteiger partial charge in [0.2, 0.25) is 10.0 Å². The van der Waals surface area contributed by atoms with Crippen molar-refractivity contribution in [2.45, 2.75) is 43.0 Å². The fourth-order valence-corrected chi connectivity index (χ4v) is 4.81. The molecule has 1 saturated carbocycles. The van der Waals surface area contributed by atoms with E-state index in [0.29, 0.717) is 16.3 Å². The Morgan fingerprint density at radius 2 is 1.86 bits per heavy atom. The summed E-state index contributed by atoms with van der Waals surface area (Å²) >= 11 is 5.94. The van der Waals surface area contributed by atoms with Gasteiger partial charge in [-0.2, -0.15) is 0 Å². The average Bonchev–Trinajstić information content (AvgIpc) is 2.68. The summed E-state index contributed by atoms with van der Waals surface area (Å²) in [5.41, 5.74) is 0.641. The van der Waals surface area contributed by atoms with Crippen LogP contribution in [0.1, 0.15) is 42.5 Å². The summed E-state index contributed by atoms with van der Waals surface area (Å²) in [5, 5.41) is 3.14. The lowest BCUT2D eigenvalue weighted by Gasteiger charge is -2.23. The van der Waals surface area contributed by atoms with E-state index in [1.165, 1.54) is 31.4 Å². The number of methoxy groups -OCH3 is 1. The van der Waals surface area contributed by atoms with Gasteiger partial charge in [-0.15, -0.1) is 0 Å². The molecule has 28 heavy (non-hydrogen) atoms.